The third-order valence-corrected chi connectivity index (χ3v) is 1.16. The summed E-state index contributed by atoms with van der Waals surface area (Å²) in [5.74, 6) is 0. The van der Waals surface area contributed by atoms with Crippen molar-refractivity contribution in [1.82, 2.24) is 15.9 Å². The number of hydrogen-bond donors (Lipinski definition) is 2. The number of allylic oxidation sites excluding steroid dienone is 1. The largest absolute Gasteiger partial charge is 0.346 e. The van der Waals surface area contributed by atoms with Crippen LogP contribution in [-0.4, -0.2) is 30.7 Å². The average molecular weight is 153 g/mol. The molecule has 1 rings (SSSR count). The molecule has 0 aliphatic carbocycles. The predicted molar refractivity (Wildman–Crippen MR) is 41.2 cm³/mol. The van der Waals surface area contributed by atoms with Crippen LogP contribution in [0.1, 0.15) is 0 Å². The zero-order valence-electron chi connectivity index (χ0n) is 5.95. The van der Waals surface area contributed by atoms with Gasteiger partial charge in [0.2, 0.25) is 0 Å². The third kappa shape index (κ3) is 2.70. The molecule has 0 unspecified atom stereocenters. The maximum absolute atomic E-state index is 9.72. The summed E-state index contributed by atoms with van der Waals surface area (Å²) in [7, 11) is 0. The molecule has 11 heavy (non-hydrogen) atoms. The van der Waals surface area contributed by atoms with Crippen molar-refractivity contribution in [2.45, 2.75) is 0 Å². The van der Waals surface area contributed by atoms with Gasteiger partial charge in [-0.25, -0.2) is 5.53 Å². The molecule has 0 aromatic rings. The first-order valence-electron chi connectivity index (χ1n) is 3.25. The molecule has 0 bridgehead atoms. The molecule has 5 nitrogen and oxygen atoms in total. The van der Waals surface area contributed by atoms with Gasteiger partial charge in [-0.15, -0.1) is 0 Å². The van der Waals surface area contributed by atoms with Crippen molar-refractivity contribution in [2.24, 2.45) is 5.10 Å². The predicted octanol–water partition coefficient (Wildman–Crippen LogP) is -1.04. The topological polar surface area (TPSA) is 56.7 Å². The lowest BCUT2D eigenvalue weighted by Gasteiger charge is -2.19. The molecule has 0 aromatic heterocycles. The van der Waals surface area contributed by atoms with Crippen LogP contribution in [0, 0.1) is 0 Å². The Bertz CT molecular complexity index is 177. The molecule has 1 amide bonds. The summed E-state index contributed by atoms with van der Waals surface area (Å²) in [6.07, 6.45) is 6.88. The molecule has 5 heteroatoms. The Kier molecular flexibility index (Phi) is 2.98. The Hall–Kier alpha value is -1.52. The number of nitrogens with one attached hydrogen (secondary N) is 2. The number of hydrazine groups is 1. The Balaban J connectivity index is 2.12. The van der Waals surface area contributed by atoms with Crippen LogP contribution in [0.2, 0.25) is 0 Å². The van der Waals surface area contributed by atoms with Gasteiger partial charge >= 0.3 is 6.41 Å². The second kappa shape index (κ2) is 4.32. The molecule has 0 saturated heterocycles. The summed E-state index contributed by atoms with van der Waals surface area (Å²) < 4.78 is 0. The van der Waals surface area contributed by atoms with E-state index in [1.807, 2.05) is 6.20 Å². The van der Waals surface area contributed by atoms with Gasteiger partial charge in [0.15, 0.2) is 0 Å². The van der Waals surface area contributed by atoms with Gasteiger partial charge in [0.05, 0.1) is 12.8 Å². The van der Waals surface area contributed by atoms with E-state index in [4.69, 9.17) is 0 Å². The molecule has 0 aromatic carbocycles. The molecule has 59 valence electrons. The first-order chi connectivity index (χ1) is 5.43. The number of hydrogen-bond acceptors (Lipinski definition) is 4. The lowest BCUT2D eigenvalue weighted by molar-refractivity contribution is 0.278. The van der Waals surface area contributed by atoms with Gasteiger partial charge < -0.3 is 5.32 Å². The number of hydrazone groups is 1. The maximum Gasteiger partial charge on any atom is 0.309 e. The quantitative estimate of drug-likeness (QED) is 0.401. The highest BCUT2D eigenvalue weighted by Crippen LogP contribution is 1.86. The molecule has 0 fully saturated rings. The van der Waals surface area contributed by atoms with Crippen LogP contribution in [0.5, 0.6) is 0 Å². The van der Waals surface area contributed by atoms with E-state index in [0.29, 0.717) is 13.1 Å². The number of rotatable bonds is 4. The van der Waals surface area contributed by atoms with E-state index < -0.39 is 0 Å². The smallest absolute Gasteiger partial charge is 0.309 e. The Labute approximate surface area is 64.7 Å². The van der Waals surface area contributed by atoms with E-state index in [1.165, 1.54) is 0 Å². The van der Waals surface area contributed by atoms with Crippen molar-refractivity contribution in [3.05, 3.63) is 12.3 Å². The summed E-state index contributed by atoms with van der Waals surface area (Å²) >= 11 is 0. The van der Waals surface area contributed by atoms with Crippen molar-refractivity contribution < 1.29 is 4.79 Å². The standard InChI is InChI=1S/C6H9N4O/c11-6-7-3-5-10-4-1-2-8-9-10/h1-2,4,9H,3,5H2,(H,7,11). The molecule has 0 atom stereocenters. The van der Waals surface area contributed by atoms with Gasteiger partial charge in [0, 0.05) is 12.7 Å². The van der Waals surface area contributed by atoms with Gasteiger partial charge in [-0.05, 0) is 6.08 Å². The van der Waals surface area contributed by atoms with Crippen LogP contribution in [0.15, 0.2) is 17.4 Å². The van der Waals surface area contributed by atoms with E-state index >= 15 is 0 Å². The Morgan fingerprint density at radius 1 is 1.73 bits per heavy atom. The fraction of sp³-hybridized carbons (Fsp3) is 0.333. The van der Waals surface area contributed by atoms with Gasteiger partial charge in [-0.3, -0.25) is 9.80 Å². The highest BCUT2D eigenvalue weighted by molar-refractivity contribution is 5.71. The molecule has 1 aliphatic rings. The van der Waals surface area contributed by atoms with Crippen molar-refractivity contribution in [1.29, 1.82) is 0 Å². The minimum Gasteiger partial charge on any atom is -0.346 e. The highest BCUT2D eigenvalue weighted by Gasteiger charge is 1.96. The van der Waals surface area contributed by atoms with Crippen LogP contribution in [0.3, 0.4) is 0 Å². The monoisotopic (exact) mass is 153 g/mol. The van der Waals surface area contributed by atoms with Gasteiger partial charge in [0.25, 0.3) is 0 Å². The second-order valence-electron chi connectivity index (χ2n) is 1.94. The lowest BCUT2D eigenvalue weighted by Crippen LogP contribution is -2.36. The van der Waals surface area contributed by atoms with Gasteiger partial charge in [-0.1, -0.05) is 0 Å². The number of amides is 1. The highest BCUT2D eigenvalue weighted by atomic mass is 16.1. The third-order valence-electron chi connectivity index (χ3n) is 1.16. The zero-order chi connectivity index (χ0) is 7.94. The van der Waals surface area contributed by atoms with Gasteiger partial charge in [0.1, 0.15) is 0 Å². The summed E-state index contributed by atoms with van der Waals surface area (Å²) in [6, 6.07) is 0. The Morgan fingerprint density at radius 2 is 2.64 bits per heavy atom. The van der Waals surface area contributed by atoms with E-state index in [2.05, 4.69) is 16.0 Å². The molecule has 0 spiro atoms. The van der Waals surface area contributed by atoms with Crippen LogP contribution >= 0.6 is 0 Å². The van der Waals surface area contributed by atoms with Crippen molar-refractivity contribution >= 4 is 12.6 Å². The number of carbonyl (C=O) groups excluding carboxylic acids is 1. The Morgan fingerprint density at radius 3 is 3.27 bits per heavy atom. The molecule has 2 N–H and O–H groups in total. The molecule has 1 radical (unpaired) electrons. The minimum absolute atomic E-state index is 0.552. The fourth-order valence-corrected chi connectivity index (χ4v) is 0.678. The zero-order valence-corrected chi connectivity index (χ0v) is 5.95. The lowest BCUT2D eigenvalue weighted by atomic mass is 10.5. The summed E-state index contributed by atoms with van der Waals surface area (Å²) in [4.78, 5) is 9.72. The van der Waals surface area contributed by atoms with E-state index in [1.54, 1.807) is 23.7 Å². The second-order valence-corrected chi connectivity index (χ2v) is 1.94. The van der Waals surface area contributed by atoms with E-state index in [9.17, 15) is 4.79 Å². The summed E-state index contributed by atoms with van der Waals surface area (Å²) in [6.45, 7) is 1.22. The number of nitrogens with zero attached hydrogens (tertiary/aromatic N) is 2. The fourth-order valence-electron chi connectivity index (χ4n) is 0.678. The molecule has 0 saturated carbocycles. The normalized spacial score (nSPS) is 14.4. The van der Waals surface area contributed by atoms with Crippen molar-refractivity contribution in [2.75, 3.05) is 13.1 Å². The minimum atomic E-state index is 0.552. The maximum atomic E-state index is 9.72. The first-order valence-corrected chi connectivity index (χ1v) is 3.25. The molecule has 1 heterocycles. The molecular formula is C6H9N4O. The van der Waals surface area contributed by atoms with E-state index in [-0.39, 0.29) is 0 Å². The average Bonchev–Trinajstić information content (AvgIpc) is 2.07. The van der Waals surface area contributed by atoms with Gasteiger partial charge in [-0.2, -0.15) is 5.10 Å². The van der Waals surface area contributed by atoms with Crippen LogP contribution in [-0.2, 0) is 4.79 Å². The molecule has 1 aliphatic heterocycles. The summed E-state index contributed by atoms with van der Waals surface area (Å²) in [5, 5.41) is 7.95. The van der Waals surface area contributed by atoms with Crippen molar-refractivity contribution in [3.8, 4) is 0 Å². The molecular weight excluding hydrogens is 144 g/mol. The van der Waals surface area contributed by atoms with Crippen LogP contribution < -0.4 is 10.9 Å². The van der Waals surface area contributed by atoms with Crippen LogP contribution in [0.25, 0.3) is 0 Å². The van der Waals surface area contributed by atoms with E-state index in [0.717, 1.165) is 0 Å². The summed E-state index contributed by atoms with van der Waals surface area (Å²) in [5.41, 5.74) is 2.72. The van der Waals surface area contributed by atoms with Crippen molar-refractivity contribution in [3.63, 3.8) is 0 Å². The van der Waals surface area contributed by atoms with Crippen LogP contribution in [0.4, 0.5) is 0 Å². The first kappa shape index (κ1) is 7.59. The SMILES string of the molecule is O=[C]NCCN1C=CC=NN1.